The third-order valence-corrected chi connectivity index (χ3v) is 3.41. The highest BCUT2D eigenvalue weighted by Crippen LogP contribution is 2.30. The van der Waals surface area contributed by atoms with Crippen LogP contribution >= 0.6 is 0 Å². The van der Waals surface area contributed by atoms with E-state index in [1.165, 1.54) is 0 Å². The Balaban J connectivity index is 2.39. The fourth-order valence-corrected chi connectivity index (χ4v) is 2.38. The third kappa shape index (κ3) is 3.92. The standard InChI is InChI=1S/C12H23NO2/c1-10(8-11(2)14)13(3)9-12(15)6-4-5-7-12/h10,15H,4-9H2,1-3H3. The van der Waals surface area contributed by atoms with E-state index in [4.69, 9.17) is 0 Å². The molecular weight excluding hydrogens is 190 g/mol. The van der Waals surface area contributed by atoms with Crippen molar-refractivity contribution in [2.24, 2.45) is 0 Å². The van der Waals surface area contributed by atoms with Gasteiger partial charge in [-0.25, -0.2) is 0 Å². The maximum absolute atomic E-state index is 11.0. The monoisotopic (exact) mass is 213 g/mol. The zero-order valence-corrected chi connectivity index (χ0v) is 10.1. The highest BCUT2D eigenvalue weighted by Gasteiger charge is 2.33. The Morgan fingerprint density at radius 2 is 2.00 bits per heavy atom. The summed E-state index contributed by atoms with van der Waals surface area (Å²) in [5.41, 5.74) is -0.500. The molecule has 0 aromatic heterocycles. The Kier molecular flexibility index (Phi) is 4.29. The molecule has 0 heterocycles. The molecule has 1 fully saturated rings. The SMILES string of the molecule is CC(=O)CC(C)N(C)CC1(O)CCCC1. The first kappa shape index (κ1) is 12.7. The van der Waals surface area contributed by atoms with Crippen molar-refractivity contribution in [2.45, 2.75) is 57.6 Å². The minimum atomic E-state index is -0.500. The van der Waals surface area contributed by atoms with Crippen LogP contribution in [0.15, 0.2) is 0 Å². The van der Waals surface area contributed by atoms with Gasteiger partial charge in [0.15, 0.2) is 0 Å². The number of carbonyl (C=O) groups is 1. The van der Waals surface area contributed by atoms with Crippen molar-refractivity contribution < 1.29 is 9.90 Å². The largest absolute Gasteiger partial charge is 0.389 e. The predicted octanol–water partition coefficient (Wildman–Crippen LogP) is 1.59. The fourth-order valence-electron chi connectivity index (χ4n) is 2.38. The van der Waals surface area contributed by atoms with Crippen molar-refractivity contribution in [1.29, 1.82) is 0 Å². The Labute approximate surface area is 92.5 Å². The van der Waals surface area contributed by atoms with Gasteiger partial charge in [0.25, 0.3) is 0 Å². The number of hydrogen-bond acceptors (Lipinski definition) is 3. The molecule has 0 aromatic carbocycles. The van der Waals surface area contributed by atoms with Gasteiger partial charge in [0.1, 0.15) is 5.78 Å². The van der Waals surface area contributed by atoms with E-state index in [0.29, 0.717) is 13.0 Å². The van der Waals surface area contributed by atoms with Crippen molar-refractivity contribution in [1.82, 2.24) is 4.90 Å². The van der Waals surface area contributed by atoms with Crippen LogP contribution in [-0.2, 0) is 4.79 Å². The number of likely N-dealkylation sites (N-methyl/N-ethyl adjacent to an activating group) is 1. The quantitative estimate of drug-likeness (QED) is 0.754. The summed E-state index contributed by atoms with van der Waals surface area (Å²) in [6, 6.07) is 0.229. The number of rotatable bonds is 5. The van der Waals surface area contributed by atoms with E-state index in [9.17, 15) is 9.90 Å². The van der Waals surface area contributed by atoms with Crippen LogP contribution in [-0.4, -0.2) is 41.0 Å². The highest BCUT2D eigenvalue weighted by atomic mass is 16.3. The van der Waals surface area contributed by atoms with Gasteiger partial charge >= 0.3 is 0 Å². The Morgan fingerprint density at radius 1 is 1.47 bits per heavy atom. The van der Waals surface area contributed by atoms with Crippen LogP contribution in [0.25, 0.3) is 0 Å². The second kappa shape index (κ2) is 5.08. The summed E-state index contributed by atoms with van der Waals surface area (Å²) < 4.78 is 0. The van der Waals surface area contributed by atoms with Crippen LogP contribution in [0.3, 0.4) is 0 Å². The van der Waals surface area contributed by atoms with Gasteiger partial charge in [-0.05, 0) is 33.7 Å². The molecule has 0 aromatic rings. The first-order valence-electron chi connectivity index (χ1n) is 5.85. The van der Waals surface area contributed by atoms with Crippen molar-refractivity contribution in [3.8, 4) is 0 Å². The van der Waals surface area contributed by atoms with Crippen LogP contribution < -0.4 is 0 Å². The summed E-state index contributed by atoms with van der Waals surface area (Å²) in [4.78, 5) is 13.1. The maximum Gasteiger partial charge on any atom is 0.131 e. The molecule has 15 heavy (non-hydrogen) atoms. The van der Waals surface area contributed by atoms with Gasteiger partial charge in [-0.3, -0.25) is 4.79 Å². The van der Waals surface area contributed by atoms with Gasteiger partial charge in [-0.1, -0.05) is 12.8 Å². The predicted molar refractivity (Wildman–Crippen MR) is 60.8 cm³/mol. The van der Waals surface area contributed by atoms with Gasteiger partial charge in [0.2, 0.25) is 0 Å². The first-order chi connectivity index (χ1) is 6.93. The summed E-state index contributed by atoms with van der Waals surface area (Å²) in [5, 5.41) is 10.2. The summed E-state index contributed by atoms with van der Waals surface area (Å²) in [6.45, 7) is 4.36. The molecule has 0 amide bonds. The number of carbonyl (C=O) groups excluding carboxylic acids is 1. The summed E-state index contributed by atoms with van der Waals surface area (Å²) in [6.07, 6.45) is 4.65. The van der Waals surface area contributed by atoms with Crippen LogP contribution in [0, 0.1) is 0 Å². The van der Waals surface area contributed by atoms with Gasteiger partial charge in [-0.15, -0.1) is 0 Å². The molecule has 0 aliphatic heterocycles. The number of Topliss-reactive ketones (excluding diaryl/α,β-unsaturated/α-hetero) is 1. The van der Waals surface area contributed by atoms with E-state index >= 15 is 0 Å². The molecule has 1 aliphatic rings. The highest BCUT2D eigenvalue weighted by molar-refractivity contribution is 5.76. The number of hydrogen-bond donors (Lipinski definition) is 1. The zero-order chi connectivity index (χ0) is 11.5. The lowest BCUT2D eigenvalue weighted by Crippen LogP contribution is -2.43. The molecule has 3 heteroatoms. The third-order valence-electron chi connectivity index (χ3n) is 3.41. The number of nitrogens with zero attached hydrogens (tertiary/aromatic N) is 1. The zero-order valence-electron chi connectivity index (χ0n) is 10.1. The summed E-state index contributed by atoms with van der Waals surface area (Å²) in [7, 11) is 1.99. The van der Waals surface area contributed by atoms with Crippen molar-refractivity contribution in [3.63, 3.8) is 0 Å². The molecule has 1 saturated carbocycles. The van der Waals surface area contributed by atoms with E-state index in [1.807, 2.05) is 14.0 Å². The fraction of sp³-hybridized carbons (Fsp3) is 0.917. The van der Waals surface area contributed by atoms with E-state index in [1.54, 1.807) is 6.92 Å². The first-order valence-corrected chi connectivity index (χ1v) is 5.85. The molecule has 3 nitrogen and oxygen atoms in total. The van der Waals surface area contributed by atoms with Gasteiger partial charge < -0.3 is 10.0 Å². The molecule has 0 spiro atoms. The van der Waals surface area contributed by atoms with Crippen LogP contribution in [0.2, 0.25) is 0 Å². The van der Waals surface area contributed by atoms with E-state index in [0.717, 1.165) is 25.7 Å². The van der Waals surface area contributed by atoms with E-state index in [-0.39, 0.29) is 11.8 Å². The summed E-state index contributed by atoms with van der Waals surface area (Å²) in [5.74, 6) is 0.216. The molecule has 1 rings (SSSR count). The Morgan fingerprint density at radius 3 is 2.47 bits per heavy atom. The molecule has 0 radical (unpaired) electrons. The molecule has 1 atom stereocenters. The van der Waals surface area contributed by atoms with Gasteiger partial charge in [-0.2, -0.15) is 0 Å². The summed E-state index contributed by atoms with van der Waals surface area (Å²) >= 11 is 0. The minimum absolute atomic E-state index is 0.216. The lowest BCUT2D eigenvalue weighted by molar-refractivity contribution is -0.118. The lowest BCUT2D eigenvalue weighted by Gasteiger charge is -2.32. The molecule has 88 valence electrons. The molecule has 1 aliphatic carbocycles. The lowest BCUT2D eigenvalue weighted by atomic mass is 10.0. The van der Waals surface area contributed by atoms with Crippen LogP contribution in [0.5, 0.6) is 0 Å². The smallest absolute Gasteiger partial charge is 0.131 e. The number of ketones is 1. The van der Waals surface area contributed by atoms with Gasteiger partial charge in [0.05, 0.1) is 5.60 Å². The average Bonchev–Trinajstić information content (AvgIpc) is 2.50. The molecule has 0 bridgehead atoms. The maximum atomic E-state index is 11.0. The number of aliphatic hydroxyl groups is 1. The normalized spacial score (nSPS) is 21.9. The molecular formula is C12H23NO2. The van der Waals surface area contributed by atoms with E-state index in [2.05, 4.69) is 4.90 Å². The van der Waals surface area contributed by atoms with Crippen LogP contribution in [0.1, 0.15) is 46.0 Å². The van der Waals surface area contributed by atoms with Crippen LogP contribution in [0.4, 0.5) is 0 Å². The Bertz CT molecular complexity index is 222. The minimum Gasteiger partial charge on any atom is -0.389 e. The van der Waals surface area contributed by atoms with Gasteiger partial charge in [0, 0.05) is 19.0 Å². The van der Waals surface area contributed by atoms with E-state index < -0.39 is 5.60 Å². The second-order valence-corrected chi connectivity index (χ2v) is 5.10. The second-order valence-electron chi connectivity index (χ2n) is 5.10. The topological polar surface area (TPSA) is 40.5 Å². The molecule has 0 saturated heterocycles. The van der Waals surface area contributed by atoms with Crippen molar-refractivity contribution in [3.05, 3.63) is 0 Å². The van der Waals surface area contributed by atoms with Crippen molar-refractivity contribution >= 4 is 5.78 Å². The molecule has 1 unspecified atom stereocenters. The average molecular weight is 213 g/mol. The van der Waals surface area contributed by atoms with Crippen molar-refractivity contribution in [2.75, 3.05) is 13.6 Å². The molecule has 1 N–H and O–H groups in total. The Hall–Kier alpha value is -0.410.